The van der Waals surface area contributed by atoms with E-state index in [2.05, 4.69) is 47.1 Å². The van der Waals surface area contributed by atoms with E-state index < -0.39 is 0 Å². The fourth-order valence-electron chi connectivity index (χ4n) is 1.14. The SMILES string of the molecule is Nc1ncc(Br)c(Nc2ccc(Br)cc2)n1. The summed E-state index contributed by atoms with van der Waals surface area (Å²) < 4.78 is 1.80. The number of halogens is 2. The molecule has 4 nitrogen and oxygen atoms in total. The van der Waals surface area contributed by atoms with E-state index in [-0.39, 0.29) is 5.95 Å². The smallest absolute Gasteiger partial charge is 0.222 e. The number of nitrogens with one attached hydrogen (secondary N) is 1. The van der Waals surface area contributed by atoms with Crippen molar-refractivity contribution in [2.75, 3.05) is 11.1 Å². The van der Waals surface area contributed by atoms with Crippen LogP contribution in [0.3, 0.4) is 0 Å². The van der Waals surface area contributed by atoms with Gasteiger partial charge >= 0.3 is 0 Å². The third-order valence-electron chi connectivity index (χ3n) is 1.87. The van der Waals surface area contributed by atoms with Gasteiger partial charge in [-0.05, 0) is 40.2 Å². The zero-order valence-corrected chi connectivity index (χ0v) is 11.3. The van der Waals surface area contributed by atoms with Crippen LogP contribution in [0, 0.1) is 0 Å². The lowest BCUT2D eigenvalue weighted by Crippen LogP contribution is -2.00. The Morgan fingerprint density at radius 2 is 1.81 bits per heavy atom. The van der Waals surface area contributed by atoms with Gasteiger partial charge in [-0.15, -0.1) is 0 Å². The molecule has 1 heterocycles. The molecule has 0 saturated carbocycles. The highest BCUT2D eigenvalue weighted by Crippen LogP contribution is 2.24. The lowest BCUT2D eigenvalue weighted by atomic mass is 10.3. The average molecular weight is 344 g/mol. The van der Waals surface area contributed by atoms with Gasteiger partial charge in [0.25, 0.3) is 0 Å². The second-order valence-corrected chi connectivity index (χ2v) is 4.83. The van der Waals surface area contributed by atoms with E-state index in [1.54, 1.807) is 6.20 Å². The third-order valence-corrected chi connectivity index (χ3v) is 2.98. The van der Waals surface area contributed by atoms with Crippen LogP contribution < -0.4 is 11.1 Å². The Morgan fingerprint density at radius 1 is 1.12 bits per heavy atom. The van der Waals surface area contributed by atoms with Gasteiger partial charge in [-0.2, -0.15) is 4.98 Å². The van der Waals surface area contributed by atoms with Crippen LogP contribution >= 0.6 is 31.9 Å². The van der Waals surface area contributed by atoms with Gasteiger partial charge in [0.15, 0.2) is 0 Å². The number of nitrogens with two attached hydrogens (primary N) is 1. The van der Waals surface area contributed by atoms with Crippen molar-refractivity contribution >= 4 is 49.3 Å². The molecule has 1 aromatic heterocycles. The van der Waals surface area contributed by atoms with Crippen LogP contribution in [0.25, 0.3) is 0 Å². The van der Waals surface area contributed by atoms with Crippen LogP contribution in [0.15, 0.2) is 39.4 Å². The topological polar surface area (TPSA) is 63.8 Å². The third kappa shape index (κ3) is 2.70. The molecule has 0 fully saturated rings. The number of hydrogen-bond donors (Lipinski definition) is 2. The van der Waals surface area contributed by atoms with E-state index in [9.17, 15) is 0 Å². The molecule has 6 heteroatoms. The molecule has 0 saturated heterocycles. The Labute approximate surface area is 110 Å². The molecule has 0 unspecified atom stereocenters. The molecule has 0 amide bonds. The Morgan fingerprint density at radius 3 is 2.50 bits per heavy atom. The second-order valence-electron chi connectivity index (χ2n) is 3.06. The Hall–Kier alpha value is -1.14. The Bertz CT molecular complexity index is 499. The van der Waals surface area contributed by atoms with Crippen molar-refractivity contribution in [3.05, 3.63) is 39.4 Å². The first-order valence-corrected chi connectivity index (χ1v) is 6.04. The summed E-state index contributed by atoms with van der Waals surface area (Å²) in [6, 6.07) is 7.77. The maximum Gasteiger partial charge on any atom is 0.222 e. The summed E-state index contributed by atoms with van der Waals surface area (Å²) in [4.78, 5) is 7.95. The Balaban J connectivity index is 2.26. The van der Waals surface area contributed by atoms with Crippen molar-refractivity contribution in [2.24, 2.45) is 0 Å². The lowest BCUT2D eigenvalue weighted by molar-refractivity contribution is 1.17. The lowest BCUT2D eigenvalue weighted by Gasteiger charge is -2.07. The zero-order chi connectivity index (χ0) is 11.5. The van der Waals surface area contributed by atoms with Crippen LogP contribution in [0.4, 0.5) is 17.5 Å². The summed E-state index contributed by atoms with van der Waals surface area (Å²) >= 11 is 6.72. The van der Waals surface area contributed by atoms with E-state index in [0.29, 0.717) is 5.82 Å². The minimum atomic E-state index is 0.239. The summed E-state index contributed by atoms with van der Waals surface area (Å²) in [5.74, 6) is 0.887. The van der Waals surface area contributed by atoms with Crippen molar-refractivity contribution < 1.29 is 0 Å². The average Bonchev–Trinajstić information content (AvgIpc) is 2.27. The molecule has 0 spiro atoms. The maximum absolute atomic E-state index is 5.51. The Kier molecular flexibility index (Phi) is 3.40. The first kappa shape index (κ1) is 11.3. The highest BCUT2D eigenvalue weighted by atomic mass is 79.9. The molecule has 0 bridgehead atoms. The molecule has 0 radical (unpaired) electrons. The molecule has 3 N–H and O–H groups in total. The summed E-state index contributed by atoms with van der Waals surface area (Å²) in [6.45, 7) is 0. The normalized spacial score (nSPS) is 10.1. The number of anilines is 3. The number of nitrogen functional groups attached to an aromatic ring is 1. The molecule has 1 aromatic carbocycles. The predicted octanol–water partition coefficient (Wildman–Crippen LogP) is 3.33. The van der Waals surface area contributed by atoms with Crippen LogP contribution in [-0.4, -0.2) is 9.97 Å². The van der Waals surface area contributed by atoms with Crippen molar-refractivity contribution in [3.8, 4) is 0 Å². The number of rotatable bonds is 2. The molecular weight excluding hydrogens is 336 g/mol. The summed E-state index contributed by atoms with van der Waals surface area (Å²) in [5, 5.41) is 3.14. The van der Waals surface area contributed by atoms with Crippen molar-refractivity contribution in [3.63, 3.8) is 0 Å². The van der Waals surface area contributed by atoms with Gasteiger partial charge < -0.3 is 11.1 Å². The molecule has 2 aromatic rings. The van der Waals surface area contributed by atoms with Crippen molar-refractivity contribution in [1.29, 1.82) is 0 Å². The first-order valence-electron chi connectivity index (χ1n) is 4.46. The van der Waals surface area contributed by atoms with Gasteiger partial charge in [-0.25, -0.2) is 4.98 Å². The van der Waals surface area contributed by atoms with Crippen LogP contribution in [0.1, 0.15) is 0 Å². The van der Waals surface area contributed by atoms with E-state index in [1.165, 1.54) is 0 Å². The monoisotopic (exact) mass is 342 g/mol. The minimum Gasteiger partial charge on any atom is -0.368 e. The molecule has 0 aliphatic heterocycles. The summed E-state index contributed by atoms with van der Waals surface area (Å²) in [7, 11) is 0. The van der Waals surface area contributed by atoms with Crippen molar-refractivity contribution in [2.45, 2.75) is 0 Å². The highest BCUT2D eigenvalue weighted by molar-refractivity contribution is 9.10. The number of aromatic nitrogens is 2. The first-order chi connectivity index (χ1) is 7.65. The molecule has 2 rings (SSSR count). The van der Waals surface area contributed by atoms with Crippen LogP contribution in [-0.2, 0) is 0 Å². The van der Waals surface area contributed by atoms with E-state index >= 15 is 0 Å². The van der Waals surface area contributed by atoms with Gasteiger partial charge in [-0.3, -0.25) is 0 Å². The molecular formula is C10H8Br2N4. The summed E-state index contributed by atoms with van der Waals surface area (Å²) in [6.07, 6.45) is 1.61. The van der Waals surface area contributed by atoms with Gasteiger partial charge in [-0.1, -0.05) is 15.9 Å². The standard InChI is InChI=1S/C10H8Br2N4/c11-6-1-3-7(4-2-6)15-9-8(12)5-14-10(13)16-9/h1-5H,(H3,13,14,15,16). The summed E-state index contributed by atoms with van der Waals surface area (Å²) in [5.41, 5.74) is 6.45. The molecule has 0 aliphatic rings. The van der Waals surface area contributed by atoms with Crippen molar-refractivity contribution in [1.82, 2.24) is 9.97 Å². The number of nitrogens with zero attached hydrogens (tertiary/aromatic N) is 2. The maximum atomic E-state index is 5.51. The van der Waals surface area contributed by atoms with Gasteiger partial charge in [0, 0.05) is 16.4 Å². The van der Waals surface area contributed by atoms with Gasteiger partial charge in [0.1, 0.15) is 5.82 Å². The van der Waals surface area contributed by atoms with Gasteiger partial charge in [0.05, 0.1) is 4.47 Å². The minimum absolute atomic E-state index is 0.239. The van der Waals surface area contributed by atoms with Gasteiger partial charge in [0.2, 0.25) is 5.95 Å². The molecule has 0 atom stereocenters. The van der Waals surface area contributed by atoms with E-state index in [1.807, 2.05) is 24.3 Å². The largest absolute Gasteiger partial charge is 0.368 e. The molecule has 16 heavy (non-hydrogen) atoms. The fourth-order valence-corrected chi connectivity index (χ4v) is 1.69. The predicted molar refractivity (Wildman–Crippen MR) is 71.6 cm³/mol. The quantitative estimate of drug-likeness (QED) is 0.877. The fraction of sp³-hybridized carbons (Fsp3) is 0. The van der Waals surface area contributed by atoms with E-state index in [0.717, 1.165) is 14.6 Å². The highest BCUT2D eigenvalue weighted by Gasteiger charge is 2.03. The second kappa shape index (κ2) is 4.80. The van der Waals surface area contributed by atoms with E-state index in [4.69, 9.17) is 5.73 Å². The molecule has 82 valence electrons. The zero-order valence-electron chi connectivity index (χ0n) is 8.11. The number of benzene rings is 1. The molecule has 0 aliphatic carbocycles. The van der Waals surface area contributed by atoms with Crippen LogP contribution in [0.2, 0.25) is 0 Å². The number of hydrogen-bond acceptors (Lipinski definition) is 4. The van der Waals surface area contributed by atoms with Crippen LogP contribution in [0.5, 0.6) is 0 Å².